The summed E-state index contributed by atoms with van der Waals surface area (Å²) < 4.78 is 2.21. The number of amides is 2. The molecule has 0 aliphatic carbocycles. The zero-order chi connectivity index (χ0) is 25.0. The third-order valence-corrected chi connectivity index (χ3v) is 7.31. The molecular weight excluding hydrogens is 446 g/mol. The molecule has 6 rings (SSSR count). The molecule has 0 N–H and O–H groups in total. The summed E-state index contributed by atoms with van der Waals surface area (Å²) >= 11 is 0. The lowest BCUT2D eigenvalue weighted by Gasteiger charge is -2.27. The Morgan fingerprint density at radius 2 is 1.56 bits per heavy atom. The second-order valence-corrected chi connectivity index (χ2v) is 9.61. The van der Waals surface area contributed by atoms with Gasteiger partial charge < -0.3 is 14.4 Å². The Balaban J connectivity index is 1.65. The highest BCUT2D eigenvalue weighted by Crippen LogP contribution is 2.46. The van der Waals surface area contributed by atoms with Gasteiger partial charge in [-0.05, 0) is 40.1 Å². The molecule has 2 amide bonds. The van der Waals surface area contributed by atoms with Gasteiger partial charge in [0.15, 0.2) is 0 Å². The fraction of sp³-hybridized carbons (Fsp3) is 0.161. The van der Waals surface area contributed by atoms with Crippen LogP contribution in [0.5, 0.6) is 0 Å². The lowest BCUT2D eigenvalue weighted by molar-refractivity contribution is -0.129. The van der Waals surface area contributed by atoms with Gasteiger partial charge in [0.25, 0.3) is 5.91 Å². The highest BCUT2D eigenvalue weighted by molar-refractivity contribution is 6.04. The van der Waals surface area contributed by atoms with E-state index in [2.05, 4.69) is 60.1 Å². The normalized spacial score (nSPS) is 15.0. The van der Waals surface area contributed by atoms with Crippen LogP contribution in [0.3, 0.4) is 0 Å². The summed E-state index contributed by atoms with van der Waals surface area (Å²) in [7, 11) is 5.53. The summed E-state index contributed by atoms with van der Waals surface area (Å²) in [5.74, 6) is -0.211. The van der Waals surface area contributed by atoms with Crippen molar-refractivity contribution in [2.24, 2.45) is 7.05 Å². The molecule has 0 bridgehead atoms. The van der Waals surface area contributed by atoms with Crippen LogP contribution in [0.2, 0.25) is 0 Å². The van der Waals surface area contributed by atoms with Crippen LogP contribution in [0, 0.1) is 0 Å². The minimum absolute atomic E-state index is 0.0194. The first-order chi connectivity index (χ1) is 17.5. The molecule has 5 aromatic rings. The average Bonchev–Trinajstić information content (AvgIpc) is 3.34. The molecular formula is C31H27N3O2. The van der Waals surface area contributed by atoms with E-state index >= 15 is 0 Å². The molecule has 0 spiro atoms. The molecule has 5 nitrogen and oxygen atoms in total. The maximum absolute atomic E-state index is 13.7. The lowest BCUT2D eigenvalue weighted by atomic mass is 9.92. The fourth-order valence-corrected chi connectivity index (χ4v) is 5.52. The summed E-state index contributed by atoms with van der Waals surface area (Å²) in [6, 6.07) is 30.5. The Hall–Kier alpha value is -4.38. The third-order valence-electron chi connectivity index (χ3n) is 7.31. The van der Waals surface area contributed by atoms with Crippen LogP contribution in [-0.2, 0) is 11.8 Å². The van der Waals surface area contributed by atoms with Gasteiger partial charge in [-0.1, -0.05) is 72.8 Å². The standard InChI is InChI=1S/C31H27N3O2/c1-32(2)27(35)19-34-30(23-12-6-7-13-24(23)31(34)36)28-25-14-8-9-15-26(25)33(3)29(28)22-17-16-20-10-4-5-11-21(20)18-22/h4-18,30H,19H2,1-3H3/t30-/m1/s1. The zero-order valence-corrected chi connectivity index (χ0v) is 20.6. The van der Waals surface area contributed by atoms with Crippen LogP contribution in [0.1, 0.15) is 27.5 Å². The van der Waals surface area contributed by atoms with Crippen molar-refractivity contribution in [3.8, 4) is 11.3 Å². The number of hydrogen-bond acceptors (Lipinski definition) is 2. The molecule has 5 heteroatoms. The third kappa shape index (κ3) is 3.31. The monoisotopic (exact) mass is 473 g/mol. The van der Waals surface area contributed by atoms with E-state index < -0.39 is 0 Å². The molecule has 1 atom stereocenters. The molecule has 2 heterocycles. The van der Waals surface area contributed by atoms with E-state index in [4.69, 9.17) is 0 Å². The van der Waals surface area contributed by atoms with Crippen molar-refractivity contribution in [2.75, 3.05) is 20.6 Å². The first-order valence-electron chi connectivity index (χ1n) is 12.1. The molecule has 0 fully saturated rings. The van der Waals surface area contributed by atoms with Gasteiger partial charge in [-0.3, -0.25) is 9.59 Å². The van der Waals surface area contributed by atoms with E-state index in [9.17, 15) is 9.59 Å². The van der Waals surface area contributed by atoms with Crippen LogP contribution in [0.4, 0.5) is 0 Å². The Kier molecular flexibility index (Phi) is 5.15. The van der Waals surface area contributed by atoms with Gasteiger partial charge in [0.2, 0.25) is 5.91 Å². The average molecular weight is 474 g/mol. The SMILES string of the molecule is CN(C)C(=O)CN1C(=O)c2ccccc2[C@@H]1c1c(-c2ccc3ccccc3c2)n(C)c2ccccc12. The lowest BCUT2D eigenvalue weighted by Crippen LogP contribution is -2.39. The predicted octanol–water partition coefficient (Wildman–Crippen LogP) is 5.63. The van der Waals surface area contributed by atoms with Crippen molar-refractivity contribution in [3.63, 3.8) is 0 Å². The molecule has 1 aliphatic heterocycles. The number of carbonyl (C=O) groups excluding carboxylic acids is 2. The number of likely N-dealkylation sites (N-methyl/N-ethyl adjacent to an activating group) is 1. The maximum Gasteiger partial charge on any atom is 0.255 e. The molecule has 4 aromatic carbocycles. The van der Waals surface area contributed by atoms with Crippen LogP contribution in [0.15, 0.2) is 91.0 Å². The molecule has 0 saturated carbocycles. The van der Waals surface area contributed by atoms with E-state index in [1.165, 1.54) is 5.39 Å². The van der Waals surface area contributed by atoms with Crippen LogP contribution >= 0.6 is 0 Å². The van der Waals surface area contributed by atoms with Gasteiger partial charge in [-0.2, -0.15) is 0 Å². The highest BCUT2D eigenvalue weighted by Gasteiger charge is 2.41. The van der Waals surface area contributed by atoms with Crippen molar-refractivity contribution in [2.45, 2.75) is 6.04 Å². The number of aromatic nitrogens is 1. The van der Waals surface area contributed by atoms with Gasteiger partial charge in [0.05, 0.1) is 11.7 Å². The van der Waals surface area contributed by atoms with Crippen molar-refractivity contribution in [1.82, 2.24) is 14.4 Å². The Morgan fingerprint density at radius 1 is 0.861 bits per heavy atom. The molecule has 0 saturated heterocycles. The molecule has 1 aliphatic rings. The van der Waals surface area contributed by atoms with E-state index in [1.54, 1.807) is 23.9 Å². The van der Waals surface area contributed by atoms with Crippen LogP contribution < -0.4 is 0 Å². The Morgan fingerprint density at radius 3 is 2.36 bits per heavy atom. The summed E-state index contributed by atoms with van der Waals surface area (Å²) in [5.41, 5.74) is 5.87. The van der Waals surface area contributed by atoms with E-state index in [0.717, 1.165) is 38.7 Å². The molecule has 36 heavy (non-hydrogen) atoms. The number of para-hydroxylation sites is 1. The van der Waals surface area contributed by atoms with Gasteiger partial charge in [0.1, 0.15) is 6.54 Å². The van der Waals surface area contributed by atoms with Gasteiger partial charge in [-0.25, -0.2) is 0 Å². The minimum atomic E-state index is -0.370. The largest absolute Gasteiger partial charge is 0.347 e. The number of rotatable bonds is 4. The number of nitrogens with zero attached hydrogens (tertiary/aromatic N) is 3. The summed E-state index contributed by atoms with van der Waals surface area (Å²) in [6.45, 7) is 0.0194. The smallest absolute Gasteiger partial charge is 0.255 e. The molecule has 0 radical (unpaired) electrons. The Bertz CT molecular complexity index is 1660. The first-order valence-corrected chi connectivity index (χ1v) is 12.1. The fourth-order valence-electron chi connectivity index (χ4n) is 5.52. The van der Waals surface area contributed by atoms with Gasteiger partial charge in [-0.15, -0.1) is 0 Å². The maximum atomic E-state index is 13.7. The van der Waals surface area contributed by atoms with Crippen LogP contribution in [-0.4, -0.2) is 46.8 Å². The Labute approximate surface area is 210 Å². The second kappa shape index (κ2) is 8.38. The summed E-state index contributed by atoms with van der Waals surface area (Å²) in [6.07, 6.45) is 0. The number of fused-ring (bicyclic) bond motifs is 3. The minimum Gasteiger partial charge on any atom is -0.347 e. The molecule has 1 aromatic heterocycles. The van der Waals surface area contributed by atoms with E-state index in [0.29, 0.717) is 5.56 Å². The van der Waals surface area contributed by atoms with Crippen molar-refractivity contribution in [1.29, 1.82) is 0 Å². The van der Waals surface area contributed by atoms with Gasteiger partial charge >= 0.3 is 0 Å². The molecule has 0 unspecified atom stereocenters. The predicted molar refractivity (Wildman–Crippen MR) is 144 cm³/mol. The van der Waals surface area contributed by atoms with Crippen molar-refractivity contribution in [3.05, 3.63) is 108 Å². The van der Waals surface area contributed by atoms with Crippen LogP contribution in [0.25, 0.3) is 32.9 Å². The van der Waals surface area contributed by atoms with Crippen molar-refractivity contribution < 1.29 is 9.59 Å². The van der Waals surface area contributed by atoms with E-state index in [1.807, 2.05) is 42.5 Å². The zero-order valence-electron chi connectivity index (χ0n) is 20.6. The highest BCUT2D eigenvalue weighted by atomic mass is 16.2. The topological polar surface area (TPSA) is 45.6 Å². The van der Waals surface area contributed by atoms with Crippen molar-refractivity contribution >= 4 is 33.5 Å². The number of benzene rings is 4. The number of carbonyl (C=O) groups is 2. The van der Waals surface area contributed by atoms with E-state index in [-0.39, 0.29) is 24.4 Å². The van der Waals surface area contributed by atoms with Gasteiger partial charge in [0, 0.05) is 43.2 Å². The first kappa shape index (κ1) is 22.1. The molecule has 178 valence electrons. The second-order valence-electron chi connectivity index (χ2n) is 9.61. The number of aryl methyl sites for hydroxylation is 1. The summed E-state index contributed by atoms with van der Waals surface area (Å²) in [4.78, 5) is 29.8. The summed E-state index contributed by atoms with van der Waals surface area (Å²) in [5, 5.41) is 3.43. The number of hydrogen-bond donors (Lipinski definition) is 0. The quantitative estimate of drug-likeness (QED) is 0.340.